The van der Waals surface area contributed by atoms with Crippen LogP contribution in [0.15, 0.2) is 0 Å². The minimum Gasteiger partial charge on any atom is -0.367 e. The first kappa shape index (κ1) is 13.5. The summed E-state index contributed by atoms with van der Waals surface area (Å²) in [5, 5.41) is 1.76. The van der Waals surface area contributed by atoms with Crippen molar-refractivity contribution in [1.29, 1.82) is 0 Å². The van der Waals surface area contributed by atoms with Gasteiger partial charge in [-0.2, -0.15) is 0 Å². The van der Waals surface area contributed by atoms with E-state index >= 15 is 0 Å². The number of nitrogens with two attached hydrogens (primary N) is 1. The molecule has 0 saturated carbocycles. The van der Waals surface area contributed by atoms with Crippen molar-refractivity contribution in [3.05, 3.63) is 0 Å². The van der Waals surface area contributed by atoms with Gasteiger partial charge in [0.05, 0.1) is 5.41 Å². The Bertz CT molecular complexity index is 236. The van der Waals surface area contributed by atoms with Crippen molar-refractivity contribution in [2.24, 2.45) is 17.1 Å². The number of rotatable bonds is 1. The molecule has 1 heterocycles. The highest BCUT2D eigenvalue weighted by molar-refractivity contribution is 5.75. The van der Waals surface area contributed by atoms with Crippen LogP contribution in [0.25, 0.3) is 0 Å². The van der Waals surface area contributed by atoms with Crippen molar-refractivity contribution >= 4 is 5.97 Å². The summed E-state index contributed by atoms with van der Waals surface area (Å²) in [7, 11) is 0. The number of hydrogen-bond donors (Lipinski definition) is 1. The van der Waals surface area contributed by atoms with E-state index in [1.807, 2.05) is 20.8 Å². The second kappa shape index (κ2) is 5.15. The number of carbonyl (C=O) groups is 1. The summed E-state index contributed by atoms with van der Waals surface area (Å²) >= 11 is 0. The van der Waals surface area contributed by atoms with Gasteiger partial charge in [0.2, 0.25) is 0 Å². The SMILES string of the molecule is CC1CCN(OC(=O)C(C)(C)C)CCC1N. The zero-order valence-corrected chi connectivity index (χ0v) is 10.8. The van der Waals surface area contributed by atoms with Gasteiger partial charge >= 0.3 is 5.97 Å². The van der Waals surface area contributed by atoms with E-state index in [9.17, 15) is 4.79 Å². The molecule has 2 atom stereocenters. The maximum atomic E-state index is 11.7. The van der Waals surface area contributed by atoms with Gasteiger partial charge in [-0.05, 0) is 39.5 Å². The third kappa shape index (κ3) is 3.76. The molecule has 2 unspecified atom stereocenters. The predicted octanol–water partition coefficient (Wildman–Crippen LogP) is 1.55. The molecule has 0 bridgehead atoms. The summed E-state index contributed by atoms with van der Waals surface area (Å²) in [6.45, 7) is 9.27. The lowest BCUT2D eigenvalue weighted by molar-refractivity contribution is -0.200. The second-order valence-corrected chi connectivity index (χ2v) is 5.78. The molecule has 0 aliphatic carbocycles. The summed E-state index contributed by atoms with van der Waals surface area (Å²) < 4.78 is 0. The average molecular weight is 228 g/mol. The van der Waals surface area contributed by atoms with Crippen molar-refractivity contribution in [2.75, 3.05) is 13.1 Å². The minimum atomic E-state index is -0.444. The van der Waals surface area contributed by atoms with E-state index in [2.05, 4.69) is 6.92 Å². The lowest BCUT2D eigenvalue weighted by Gasteiger charge is -2.24. The number of hydroxylamine groups is 2. The molecule has 1 fully saturated rings. The molecule has 1 rings (SSSR count). The topological polar surface area (TPSA) is 55.6 Å². The predicted molar refractivity (Wildman–Crippen MR) is 63.5 cm³/mol. The maximum absolute atomic E-state index is 11.7. The van der Waals surface area contributed by atoms with Crippen LogP contribution >= 0.6 is 0 Å². The summed E-state index contributed by atoms with van der Waals surface area (Å²) in [5.41, 5.74) is 5.55. The highest BCUT2D eigenvalue weighted by atomic mass is 16.7. The van der Waals surface area contributed by atoms with E-state index in [-0.39, 0.29) is 12.0 Å². The van der Waals surface area contributed by atoms with Crippen molar-refractivity contribution in [3.63, 3.8) is 0 Å². The largest absolute Gasteiger partial charge is 0.367 e. The van der Waals surface area contributed by atoms with Crippen LogP contribution in [-0.4, -0.2) is 30.2 Å². The van der Waals surface area contributed by atoms with E-state index < -0.39 is 5.41 Å². The standard InChI is InChI=1S/C12H24N2O2/c1-9-5-7-14(8-6-10(9)13)16-11(15)12(2,3)4/h9-10H,5-8,13H2,1-4H3. The summed E-state index contributed by atoms with van der Waals surface area (Å²) in [5.74, 6) is 0.328. The zero-order chi connectivity index (χ0) is 12.3. The third-order valence-electron chi connectivity index (χ3n) is 3.10. The molecule has 94 valence electrons. The summed E-state index contributed by atoms with van der Waals surface area (Å²) in [4.78, 5) is 17.1. The van der Waals surface area contributed by atoms with Gasteiger partial charge in [-0.15, -0.1) is 5.06 Å². The maximum Gasteiger partial charge on any atom is 0.330 e. The molecule has 16 heavy (non-hydrogen) atoms. The van der Waals surface area contributed by atoms with E-state index in [0.717, 1.165) is 25.9 Å². The smallest absolute Gasteiger partial charge is 0.330 e. The zero-order valence-electron chi connectivity index (χ0n) is 10.8. The van der Waals surface area contributed by atoms with Gasteiger partial charge in [-0.1, -0.05) is 6.92 Å². The summed E-state index contributed by atoms with van der Waals surface area (Å²) in [6, 6.07) is 0.221. The Morgan fingerprint density at radius 1 is 1.31 bits per heavy atom. The lowest BCUT2D eigenvalue weighted by atomic mass is 9.98. The number of carbonyl (C=O) groups excluding carboxylic acids is 1. The molecule has 0 spiro atoms. The molecular formula is C12H24N2O2. The second-order valence-electron chi connectivity index (χ2n) is 5.78. The quantitative estimate of drug-likeness (QED) is 0.740. The Morgan fingerprint density at radius 3 is 2.44 bits per heavy atom. The molecule has 0 amide bonds. The first-order valence-corrected chi connectivity index (χ1v) is 6.03. The van der Waals surface area contributed by atoms with Gasteiger partial charge in [0, 0.05) is 19.1 Å². The molecular weight excluding hydrogens is 204 g/mol. The summed E-state index contributed by atoms with van der Waals surface area (Å²) in [6.07, 6.45) is 1.87. The van der Waals surface area contributed by atoms with E-state index in [1.54, 1.807) is 5.06 Å². The van der Waals surface area contributed by atoms with Crippen LogP contribution in [0, 0.1) is 11.3 Å². The van der Waals surface area contributed by atoms with Crippen LogP contribution in [-0.2, 0) is 9.63 Å². The first-order chi connectivity index (χ1) is 7.30. The van der Waals surface area contributed by atoms with Crippen LogP contribution < -0.4 is 5.73 Å². The van der Waals surface area contributed by atoms with Crippen LogP contribution in [0.2, 0.25) is 0 Å². The van der Waals surface area contributed by atoms with Crippen LogP contribution in [0.1, 0.15) is 40.5 Å². The Labute approximate surface area is 98.1 Å². The highest BCUT2D eigenvalue weighted by Gasteiger charge is 2.28. The Kier molecular flexibility index (Phi) is 4.33. The average Bonchev–Trinajstić information content (AvgIpc) is 2.32. The van der Waals surface area contributed by atoms with Crippen molar-refractivity contribution in [1.82, 2.24) is 5.06 Å². The van der Waals surface area contributed by atoms with E-state index in [4.69, 9.17) is 10.6 Å². The minimum absolute atomic E-state index is 0.171. The van der Waals surface area contributed by atoms with Crippen molar-refractivity contribution in [3.8, 4) is 0 Å². The van der Waals surface area contributed by atoms with Crippen molar-refractivity contribution in [2.45, 2.75) is 46.6 Å². The fourth-order valence-electron chi connectivity index (χ4n) is 1.60. The number of nitrogens with zero attached hydrogens (tertiary/aromatic N) is 1. The molecule has 1 aliphatic rings. The fourth-order valence-corrected chi connectivity index (χ4v) is 1.60. The Balaban J connectivity index is 2.47. The van der Waals surface area contributed by atoms with Gasteiger partial charge in [-0.3, -0.25) is 0 Å². The fraction of sp³-hybridized carbons (Fsp3) is 0.917. The Morgan fingerprint density at radius 2 is 1.88 bits per heavy atom. The molecule has 4 nitrogen and oxygen atoms in total. The monoisotopic (exact) mass is 228 g/mol. The molecule has 0 aromatic rings. The van der Waals surface area contributed by atoms with Crippen LogP contribution in [0.5, 0.6) is 0 Å². The lowest BCUT2D eigenvalue weighted by Crippen LogP contribution is -2.34. The normalized spacial score (nSPS) is 28.6. The van der Waals surface area contributed by atoms with Gasteiger partial charge in [0.25, 0.3) is 0 Å². The van der Waals surface area contributed by atoms with Gasteiger partial charge < -0.3 is 10.6 Å². The van der Waals surface area contributed by atoms with E-state index in [0.29, 0.717) is 5.92 Å². The molecule has 0 aromatic carbocycles. The highest BCUT2D eigenvalue weighted by Crippen LogP contribution is 2.20. The molecule has 0 radical (unpaired) electrons. The van der Waals surface area contributed by atoms with Crippen molar-refractivity contribution < 1.29 is 9.63 Å². The number of hydrogen-bond acceptors (Lipinski definition) is 4. The molecule has 1 saturated heterocycles. The van der Waals surface area contributed by atoms with Gasteiger partial charge in [0.1, 0.15) is 0 Å². The van der Waals surface area contributed by atoms with Crippen LogP contribution in [0.3, 0.4) is 0 Å². The van der Waals surface area contributed by atoms with E-state index in [1.165, 1.54) is 0 Å². The molecule has 2 N–H and O–H groups in total. The van der Waals surface area contributed by atoms with Gasteiger partial charge in [-0.25, -0.2) is 4.79 Å². The Hall–Kier alpha value is -0.610. The molecule has 1 aliphatic heterocycles. The third-order valence-corrected chi connectivity index (χ3v) is 3.10. The molecule has 0 aromatic heterocycles. The van der Waals surface area contributed by atoms with Gasteiger partial charge in [0.15, 0.2) is 0 Å². The first-order valence-electron chi connectivity index (χ1n) is 6.03. The van der Waals surface area contributed by atoms with Crippen LogP contribution in [0.4, 0.5) is 0 Å². The molecule has 4 heteroatoms.